The molecule has 2 rings (SSSR count). The molecule has 0 amide bonds. The molecule has 0 unspecified atom stereocenters. The van der Waals surface area contributed by atoms with Crippen LogP contribution in [0.5, 0.6) is 0 Å². The quantitative estimate of drug-likeness (QED) is 0.901. The number of aryl methyl sites for hydroxylation is 1. The van der Waals surface area contributed by atoms with Crippen LogP contribution in [0, 0.1) is 18.3 Å². The topological polar surface area (TPSA) is 48.7 Å². The van der Waals surface area contributed by atoms with Crippen molar-refractivity contribution in [2.24, 2.45) is 0 Å². The Labute approximate surface area is 113 Å². The van der Waals surface area contributed by atoms with Crippen molar-refractivity contribution < 1.29 is 13.2 Å². The van der Waals surface area contributed by atoms with Gasteiger partial charge in [-0.2, -0.15) is 18.4 Å². The minimum absolute atomic E-state index is 0.154. The number of halogens is 3. The Hall–Kier alpha value is -2.55. The van der Waals surface area contributed by atoms with Gasteiger partial charge in [0.1, 0.15) is 5.82 Å². The predicted molar refractivity (Wildman–Crippen MR) is 68.4 cm³/mol. The summed E-state index contributed by atoms with van der Waals surface area (Å²) in [5.74, 6) is 0.320. The summed E-state index contributed by atoms with van der Waals surface area (Å²) in [4.78, 5) is 3.95. The second kappa shape index (κ2) is 5.21. The molecule has 0 saturated carbocycles. The van der Waals surface area contributed by atoms with E-state index in [2.05, 4.69) is 10.3 Å². The van der Waals surface area contributed by atoms with Crippen LogP contribution in [-0.2, 0) is 6.18 Å². The molecule has 0 fully saturated rings. The highest BCUT2D eigenvalue weighted by Gasteiger charge is 2.32. The van der Waals surface area contributed by atoms with Crippen LogP contribution in [0.3, 0.4) is 0 Å². The highest BCUT2D eigenvalue weighted by molar-refractivity contribution is 5.59. The molecule has 1 aromatic heterocycles. The van der Waals surface area contributed by atoms with Gasteiger partial charge < -0.3 is 5.32 Å². The van der Waals surface area contributed by atoms with Gasteiger partial charge in [0.05, 0.1) is 17.2 Å². The summed E-state index contributed by atoms with van der Waals surface area (Å²) in [6, 6.07) is 8.86. The SMILES string of the molecule is Cc1ccc(Nc2cc(C#N)ccn2)cc1C(F)(F)F. The average molecular weight is 277 g/mol. The van der Waals surface area contributed by atoms with E-state index in [0.717, 1.165) is 6.07 Å². The number of hydrogen-bond acceptors (Lipinski definition) is 3. The fourth-order valence-electron chi connectivity index (χ4n) is 1.72. The van der Waals surface area contributed by atoms with Crippen molar-refractivity contribution in [2.45, 2.75) is 13.1 Å². The lowest BCUT2D eigenvalue weighted by molar-refractivity contribution is -0.138. The first kappa shape index (κ1) is 13.9. The molecule has 0 spiro atoms. The molecule has 0 aliphatic heterocycles. The zero-order valence-corrected chi connectivity index (χ0v) is 10.5. The molecule has 2 aromatic rings. The van der Waals surface area contributed by atoms with Crippen LogP contribution in [0.1, 0.15) is 16.7 Å². The first-order valence-electron chi connectivity index (χ1n) is 5.71. The van der Waals surface area contributed by atoms with Gasteiger partial charge in [0, 0.05) is 11.9 Å². The third-order valence-corrected chi connectivity index (χ3v) is 2.70. The number of anilines is 2. The number of aromatic nitrogens is 1. The zero-order valence-electron chi connectivity index (χ0n) is 10.5. The molecule has 6 heteroatoms. The maximum atomic E-state index is 12.8. The predicted octanol–water partition coefficient (Wildman–Crippen LogP) is 4.02. The number of nitrogens with zero attached hydrogens (tertiary/aromatic N) is 2. The normalized spacial score (nSPS) is 10.9. The van der Waals surface area contributed by atoms with Crippen molar-refractivity contribution in [1.29, 1.82) is 5.26 Å². The fraction of sp³-hybridized carbons (Fsp3) is 0.143. The lowest BCUT2D eigenvalue weighted by atomic mass is 10.1. The third-order valence-electron chi connectivity index (χ3n) is 2.70. The maximum absolute atomic E-state index is 12.8. The van der Waals surface area contributed by atoms with Gasteiger partial charge >= 0.3 is 6.18 Å². The monoisotopic (exact) mass is 277 g/mol. The number of pyridine rings is 1. The molecule has 102 valence electrons. The Morgan fingerprint density at radius 2 is 1.95 bits per heavy atom. The molecule has 1 heterocycles. The number of nitrogens with one attached hydrogen (secondary N) is 1. The summed E-state index contributed by atoms with van der Waals surface area (Å²) in [7, 11) is 0. The van der Waals surface area contributed by atoms with Crippen molar-refractivity contribution in [3.8, 4) is 6.07 Å². The van der Waals surface area contributed by atoms with Crippen LogP contribution in [0.15, 0.2) is 36.5 Å². The molecular weight excluding hydrogens is 267 g/mol. The van der Waals surface area contributed by atoms with Crippen LogP contribution in [0.2, 0.25) is 0 Å². The second-order valence-corrected chi connectivity index (χ2v) is 4.19. The van der Waals surface area contributed by atoms with Crippen LogP contribution >= 0.6 is 0 Å². The summed E-state index contributed by atoms with van der Waals surface area (Å²) in [6.07, 6.45) is -2.98. The minimum Gasteiger partial charge on any atom is -0.340 e. The van der Waals surface area contributed by atoms with E-state index in [-0.39, 0.29) is 11.3 Å². The molecule has 1 N–H and O–H groups in total. The van der Waals surface area contributed by atoms with E-state index in [1.807, 2.05) is 6.07 Å². The highest BCUT2D eigenvalue weighted by atomic mass is 19.4. The summed E-state index contributed by atoms with van der Waals surface area (Å²) in [6.45, 7) is 1.40. The highest BCUT2D eigenvalue weighted by Crippen LogP contribution is 2.33. The third kappa shape index (κ3) is 3.06. The number of nitriles is 1. The minimum atomic E-state index is -4.40. The number of benzene rings is 1. The zero-order chi connectivity index (χ0) is 14.8. The Balaban J connectivity index is 2.33. The standard InChI is InChI=1S/C14H10F3N3/c1-9-2-3-11(7-12(9)14(15,16)17)20-13-6-10(8-18)4-5-19-13/h2-7H,1H3,(H,19,20). The molecule has 3 nitrogen and oxygen atoms in total. The van der Waals surface area contributed by atoms with E-state index in [4.69, 9.17) is 5.26 Å². The smallest absolute Gasteiger partial charge is 0.340 e. The van der Waals surface area contributed by atoms with Gasteiger partial charge in [-0.05, 0) is 36.8 Å². The Kier molecular flexibility index (Phi) is 3.61. The Morgan fingerprint density at radius 1 is 1.20 bits per heavy atom. The van der Waals surface area contributed by atoms with Gasteiger partial charge in [0.2, 0.25) is 0 Å². The Bertz CT molecular complexity index is 672. The van der Waals surface area contributed by atoms with E-state index >= 15 is 0 Å². The van der Waals surface area contributed by atoms with Crippen molar-refractivity contribution in [3.63, 3.8) is 0 Å². The van der Waals surface area contributed by atoms with Crippen molar-refractivity contribution in [2.75, 3.05) is 5.32 Å². The molecule has 0 saturated heterocycles. The van der Waals surface area contributed by atoms with Crippen LogP contribution in [0.4, 0.5) is 24.7 Å². The molecule has 0 aliphatic carbocycles. The van der Waals surface area contributed by atoms with Gasteiger partial charge in [-0.3, -0.25) is 0 Å². The van der Waals surface area contributed by atoms with Crippen LogP contribution < -0.4 is 5.32 Å². The van der Waals surface area contributed by atoms with E-state index in [0.29, 0.717) is 11.4 Å². The van der Waals surface area contributed by atoms with E-state index in [1.165, 1.54) is 37.4 Å². The first-order chi connectivity index (χ1) is 9.40. The largest absolute Gasteiger partial charge is 0.416 e. The van der Waals surface area contributed by atoms with Crippen molar-refractivity contribution in [1.82, 2.24) is 4.98 Å². The lowest BCUT2D eigenvalue weighted by Crippen LogP contribution is -2.08. The molecule has 20 heavy (non-hydrogen) atoms. The molecule has 0 aliphatic rings. The average Bonchev–Trinajstić information content (AvgIpc) is 2.40. The van der Waals surface area contributed by atoms with Crippen LogP contribution in [-0.4, -0.2) is 4.98 Å². The lowest BCUT2D eigenvalue weighted by Gasteiger charge is -2.13. The number of hydrogen-bond donors (Lipinski definition) is 1. The number of alkyl halides is 3. The van der Waals surface area contributed by atoms with E-state index in [1.54, 1.807) is 0 Å². The van der Waals surface area contributed by atoms with Gasteiger partial charge in [-0.1, -0.05) is 6.07 Å². The summed E-state index contributed by atoms with van der Waals surface area (Å²) in [5.41, 5.74) is 0.108. The van der Waals surface area contributed by atoms with E-state index in [9.17, 15) is 13.2 Å². The molecule has 0 atom stereocenters. The van der Waals surface area contributed by atoms with Gasteiger partial charge in [-0.15, -0.1) is 0 Å². The fourth-order valence-corrected chi connectivity index (χ4v) is 1.72. The van der Waals surface area contributed by atoms with Gasteiger partial charge in [0.15, 0.2) is 0 Å². The van der Waals surface area contributed by atoms with Crippen molar-refractivity contribution in [3.05, 3.63) is 53.2 Å². The van der Waals surface area contributed by atoms with Gasteiger partial charge in [0.25, 0.3) is 0 Å². The Morgan fingerprint density at radius 3 is 2.60 bits per heavy atom. The maximum Gasteiger partial charge on any atom is 0.416 e. The molecule has 0 radical (unpaired) electrons. The van der Waals surface area contributed by atoms with E-state index < -0.39 is 11.7 Å². The molecule has 0 bridgehead atoms. The van der Waals surface area contributed by atoms with Crippen LogP contribution in [0.25, 0.3) is 0 Å². The van der Waals surface area contributed by atoms with Gasteiger partial charge in [-0.25, -0.2) is 4.98 Å². The second-order valence-electron chi connectivity index (χ2n) is 4.19. The molecular formula is C14H10F3N3. The van der Waals surface area contributed by atoms with Crippen molar-refractivity contribution >= 4 is 11.5 Å². The first-order valence-corrected chi connectivity index (χ1v) is 5.71. The summed E-state index contributed by atoms with van der Waals surface area (Å²) in [5, 5.41) is 11.5. The summed E-state index contributed by atoms with van der Waals surface area (Å²) < 4.78 is 38.4. The number of rotatable bonds is 2. The molecule has 1 aromatic carbocycles. The summed E-state index contributed by atoms with van der Waals surface area (Å²) >= 11 is 0.